The minimum atomic E-state index is -0.277. The van der Waals surface area contributed by atoms with Crippen molar-refractivity contribution in [3.05, 3.63) is 35.6 Å². The molecule has 1 aromatic rings. The van der Waals surface area contributed by atoms with Crippen LogP contribution in [0.2, 0.25) is 0 Å². The summed E-state index contributed by atoms with van der Waals surface area (Å²) in [6, 6.07) is 6.63. The summed E-state index contributed by atoms with van der Waals surface area (Å²) in [5.41, 5.74) is 0.637. The molecule has 1 aromatic carbocycles. The van der Waals surface area contributed by atoms with Gasteiger partial charge in [-0.15, -0.1) is 0 Å². The zero-order valence-electron chi connectivity index (χ0n) is 16.0. The molecular weight excluding hydrogens is 319 g/mol. The SMILES string of the molecule is CCCCNC(=NCC(=O)N(C)C)NCC(C)(C)c1cccc(F)c1. The zero-order chi connectivity index (χ0) is 18.9. The highest BCUT2D eigenvalue weighted by Gasteiger charge is 2.21. The van der Waals surface area contributed by atoms with Gasteiger partial charge in [-0.3, -0.25) is 4.79 Å². The number of carbonyl (C=O) groups is 1. The van der Waals surface area contributed by atoms with Crippen molar-refractivity contribution in [2.24, 2.45) is 4.99 Å². The molecular formula is C19H31FN4O. The van der Waals surface area contributed by atoms with Crippen LogP contribution in [0.1, 0.15) is 39.2 Å². The molecule has 0 heterocycles. The lowest BCUT2D eigenvalue weighted by Gasteiger charge is -2.27. The van der Waals surface area contributed by atoms with Gasteiger partial charge < -0.3 is 15.5 Å². The maximum atomic E-state index is 13.5. The van der Waals surface area contributed by atoms with Gasteiger partial charge in [-0.1, -0.05) is 39.3 Å². The summed E-state index contributed by atoms with van der Waals surface area (Å²) in [5, 5.41) is 6.52. The van der Waals surface area contributed by atoms with Crippen molar-refractivity contribution in [1.82, 2.24) is 15.5 Å². The Bertz CT molecular complexity index is 585. The highest BCUT2D eigenvalue weighted by Crippen LogP contribution is 2.22. The lowest BCUT2D eigenvalue weighted by molar-refractivity contribution is -0.127. The fraction of sp³-hybridized carbons (Fsp3) is 0.579. The number of nitrogens with one attached hydrogen (secondary N) is 2. The van der Waals surface area contributed by atoms with Crippen LogP contribution in [0, 0.1) is 5.82 Å². The summed E-state index contributed by atoms with van der Waals surface area (Å²) in [4.78, 5) is 17.6. The van der Waals surface area contributed by atoms with Gasteiger partial charge in [0.05, 0.1) is 0 Å². The van der Waals surface area contributed by atoms with Gasteiger partial charge in [-0.25, -0.2) is 9.38 Å². The van der Waals surface area contributed by atoms with E-state index in [2.05, 4.69) is 22.5 Å². The molecule has 0 bridgehead atoms. The molecule has 2 N–H and O–H groups in total. The predicted molar refractivity (Wildman–Crippen MR) is 101 cm³/mol. The Hall–Kier alpha value is -2.11. The predicted octanol–water partition coefficient (Wildman–Crippen LogP) is 2.53. The molecule has 140 valence electrons. The Kier molecular flexibility index (Phi) is 8.38. The van der Waals surface area contributed by atoms with Crippen molar-refractivity contribution in [3.63, 3.8) is 0 Å². The van der Waals surface area contributed by atoms with Gasteiger partial charge in [0.25, 0.3) is 0 Å². The molecule has 0 aliphatic heterocycles. The number of unbranched alkanes of at least 4 members (excludes halogenated alkanes) is 1. The van der Waals surface area contributed by atoms with E-state index >= 15 is 0 Å². The van der Waals surface area contributed by atoms with Crippen LogP contribution in [-0.2, 0) is 10.2 Å². The van der Waals surface area contributed by atoms with Crippen molar-refractivity contribution in [2.75, 3.05) is 33.7 Å². The van der Waals surface area contributed by atoms with E-state index in [1.54, 1.807) is 26.2 Å². The fourth-order valence-corrected chi connectivity index (χ4v) is 2.16. The standard InChI is InChI=1S/C19H31FN4O/c1-6-7-11-21-18(22-13-17(25)24(4)5)23-14-19(2,3)15-9-8-10-16(20)12-15/h8-10,12H,6-7,11,13-14H2,1-5H3,(H2,21,22,23). The van der Waals surface area contributed by atoms with E-state index in [1.165, 1.54) is 11.0 Å². The number of hydrogen-bond donors (Lipinski definition) is 2. The van der Waals surface area contributed by atoms with Gasteiger partial charge in [0.15, 0.2) is 5.96 Å². The molecule has 0 aromatic heterocycles. The molecule has 0 spiro atoms. The Morgan fingerprint density at radius 2 is 2.00 bits per heavy atom. The van der Waals surface area contributed by atoms with Crippen LogP contribution in [0.4, 0.5) is 4.39 Å². The summed E-state index contributed by atoms with van der Waals surface area (Å²) >= 11 is 0. The van der Waals surface area contributed by atoms with E-state index < -0.39 is 0 Å². The van der Waals surface area contributed by atoms with Crippen LogP contribution in [0.5, 0.6) is 0 Å². The second-order valence-electron chi connectivity index (χ2n) is 6.98. The zero-order valence-corrected chi connectivity index (χ0v) is 16.0. The third-order valence-corrected chi connectivity index (χ3v) is 4.00. The summed E-state index contributed by atoms with van der Waals surface area (Å²) in [5.74, 6) is 0.311. The van der Waals surface area contributed by atoms with E-state index in [0.717, 1.165) is 24.9 Å². The lowest BCUT2D eigenvalue weighted by Crippen LogP contribution is -2.44. The molecule has 0 aliphatic carbocycles. The van der Waals surface area contributed by atoms with Gasteiger partial charge in [0.2, 0.25) is 5.91 Å². The molecule has 0 saturated carbocycles. The first-order valence-electron chi connectivity index (χ1n) is 8.74. The van der Waals surface area contributed by atoms with E-state index in [1.807, 2.05) is 19.9 Å². The smallest absolute Gasteiger partial charge is 0.243 e. The summed E-state index contributed by atoms with van der Waals surface area (Å²) in [7, 11) is 3.42. The maximum absolute atomic E-state index is 13.5. The number of hydrogen-bond acceptors (Lipinski definition) is 2. The molecule has 0 radical (unpaired) electrons. The van der Waals surface area contributed by atoms with Gasteiger partial charge in [0, 0.05) is 32.6 Å². The first-order valence-corrected chi connectivity index (χ1v) is 8.74. The van der Waals surface area contributed by atoms with E-state index in [0.29, 0.717) is 12.5 Å². The second kappa shape index (κ2) is 10.0. The lowest BCUT2D eigenvalue weighted by atomic mass is 9.84. The number of likely N-dealkylation sites (N-methyl/N-ethyl adjacent to an activating group) is 1. The number of nitrogens with zero attached hydrogens (tertiary/aromatic N) is 2. The van der Waals surface area contributed by atoms with Gasteiger partial charge in [-0.05, 0) is 24.1 Å². The normalized spacial score (nSPS) is 12.0. The molecule has 5 nitrogen and oxygen atoms in total. The average molecular weight is 350 g/mol. The van der Waals surface area contributed by atoms with Crippen molar-refractivity contribution in [3.8, 4) is 0 Å². The van der Waals surface area contributed by atoms with Crippen LogP contribution in [0.15, 0.2) is 29.3 Å². The third-order valence-electron chi connectivity index (χ3n) is 4.00. The molecule has 0 saturated heterocycles. The van der Waals surface area contributed by atoms with Gasteiger partial charge >= 0.3 is 0 Å². The Labute approximate surface area is 150 Å². The van der Waals surface area contributed by atoms with Gasteiger partial charge in [-0.2, -0.15) is 0 Å². The Morgan fingerprint density at radius 3 is 2.60 bits per heavy atom. The van der Waals surface area contributed by atoms with Crippen molar-refractivity contribution < 1.29 is 9.18 Å². The molecule has 25 heavy (non-hydrogen) atoms. The van der Waals surface area contributed by atoms with Crippen molar-refractivity contribution in [2.45, 2.75) is 39.0 Å². The third kappa shape index (κ3) is 7.54. The summed E-state index contributed by atoms with van der Waals surface area (Å²) < 4.78 is 13.5. The Morgan fingerprint density at radius 1 is 1.28 bits per heavy atom. The highest BCUT2D eigenvalue weighted by atomic mass is 19.1. The number of carbonyl (C=O) groups excluding carboxylic acids is 1. The van der Waals surface area contributed by atoms with Gasteiger partial charge in [0.1, 0.15) is 12.4 Å². The molecule has 0 atom stereocenters. The molecule has 0 aliphatic rings. The molecule has 0 fully saturated rings. The maximum Gasteiger partial charge on any atom is 0.243 e. The van der Waals surface area contributed by atoms with E-state index in [-0.39, 0.29) is 23.7 Å². The van der Waals surface area contributed by atoms with Crippen molar-refractivity contribution >= 4 is 11.9 Å². The molecule has 1 rings (SSSR count). The van der Waals surface area contributed by atoms with Crippen LogP contribution in [-0.4, -0.2) is 50.5 Å². The number of benzene rings is 1. The number of guanidine groups is 1. The molecule has 6 heteroatoms. The van der Waals surface area contributed by atoms with E-state index in [4.69, 9.17) is 0 Å². The first kappa shape index (κ1) is 20.9. The highest BCUT2D eigenvalue weighted by molar-refractivity contribution is 5.84. The average Bonchev–Trinajstić information content (AvgIpc) is 2.56. The summed E-state index contributed by atoms with van der Waals surface area (Å²) in [6.45, 7) is 7.67. The fourth-order valence-electron chi connectivity index (χ4n) is 2.16. The first-order chi connectivity index (χ1) is 11.8. The van der Waals surface area contributed by atoms with Crippen LogP contribution >= 0.6 is 0 Å². The number of amides is 1. The van der Waals surface area contributed by atoms with Crippen molar-refractivity contribution in [1.29, 1.82) is 0 Å². The molecule has 0 unspecified atom stereocenters. The molecule has 1 amide bonds. The monoisotopic (exact) mass is 350 g/mol. The minimum absolute atomic E-state index is 0.0546. The Balaban J connectivity index is 2.75. The van der Waals surface area contributed by atoms with Crippen LogP contribution in [0.3, 0.4) is 0 Å². The van der Waals surface area contributed by atoms with Crippen LogP contribution < -0.4 is 10.6 Å². The minimum Gasteiger partial charge on any atom is -0.356 e. The number of halogens is 1. The van der Waals surface area contributed by atoms with Crippen LogP contribution in [0.25, 0.3) is 0 Å². The summed E-state index contributed by atoms with van der Waals surface area (Å²) in [6.07, 6.45) is 2.10. The topological polar surface area (TPSA) is 56.7 Å². The van der Waals surface area contributed by atoms with E-state index in [9.17, 15) is 9.18 Å². The quantitative estimate of drug-likeness (QED) is 0.430. The largest absolute Gasteiger partial charge is 0.356 e. The number of rotatable bonds is 8. The second-order valence-corrected chi connectivity index (χ2v) is 6.98. The number of aliphatic imine (C=N–C) groups is 1.